The highest BCUT2D eigenvalue weighted by atomic mass is 16.5. The number of rotatable bonds is 8. The Hall–Kier alpha value is -5.19. The SMILES string of the molecule is CCCC(=O)N1[C@@H]2CC[C@@H](C2)[C@H]1c1ncc(-c2ccc(-c3ccc4c(ccc5[nH]c(C6CC7C(C)C7N6C(=O)CNC(=O)OC)nc54)c3)cc2)[nH]1. The van der Waals surface area contributed by atoms with Crippen LogP contribution in [0.4, 0.5) is 4.79 Å². The van der Waals surface area contributed by atoms with Crippen molar-refractivity contribution in [2.45, 2.75) is 76.5 Å². The Morgan fingerprint density at radius 3 is 2.53 bits per heavy atom. The molecule has 11 nitrogen and oxygen atoms in total. The Kier molecular flexibility index (Phi) is 7.63. The summed E-state index contributed by atoms with van der Waals surface area (Å²) in [5.41, 5.74) is 6.07. The minimum absolute atomic E-state index is 0.0507. The van der Waals surface area contributed by atoms with Crippen LogP contribution in [0.15, 0.2) is 60.8 Å². The summed E-state index contributed by atoms with van der Waals surface area (Å²) in [4.78, 5) is 58.9. The van der Waals surface area contributed by atoms with Gasteiger partial charge in [0.2, 0.25) is 11.8 Å². The van der Waals surface area contributed by atoms with Crippen LogP contribution in [0.2, 0.25) is 0 Å². The number of nitrogens with one attached hydrogen (secondary N) is 3. The fourth-order valence-electron chi connectivity index (χ4n) is 9.49. The highest BCUT2D eigenvalue weighted by Gasteiger charge is 2.60. The Labute approximate surface area is 296 Å². The monoisotopic (exact) mass is 685 g/mol. The molecule has 2 bridgehead atoms. The summed E-state index contributed by atoms with van der Waals surface area (Å²) in [5, 5.41) is 4.68. The number of carbonyl (C=O) groups excluding carboxylic acids is 3. The molecule has 0 spiro atoms. The number of aromatic nitrogens is 4. The highest BCUT2D eigenvalue weighted by Crippen LogP contribution is 2.57. The van der Waals surface area contributed by atoms with Crippen molar-refractivity contribution in [3.63, 3.8) is 0 Å². The molecular weight excluding hydrogens is 642 g/mol. The Bertz CT molecular complexity index is 2170. The van der Waals surface area contributed by atoms with Gasteiger partial charge in [-0.1, -0.05) is 56.3 Å². The largest absolute Gasteiger partial charge is 0.453 e. The fraction of sp³-hybridized carbons (Fsp3) is 0.425. The van der Waals surface area contributed by atoms with Crippen molar-refractivity contribution in [3.05, 3.63) is 72.4 Å². The molecule has 3 N–H and O–H groups in total. The number of methoxy groups -OCH3 is 1. The van der Waals surface area contributed by atoms with Crippen molar-refractivity contribution >= 4 is 39.7 Å². The van der Waals surface area contributed by atoms with Gasteiger partial charge in [-0.15, -0.1) is 0 Å². The summed E-state index contributed by atoms with van der Waals surface area (Å²) in [7, 11) is 1.29. The van der Waals surface area contributed by atoms with E-state index >= 15 is 0 Å². The number of benzene rings is 3. The third-order valence-electron chi connectivity index (χ3n) is 12.1. The van der Waals surface area contributed by atoms with Crippen molar-refractivity contribution in [2.24, 2.45) is 17.8 Å². The molecule has 2 aromatic heterocycles. The molecule has 4 heterocycles. The van der Waals surface area contributed by atoms with Gasteiger partial charge in [-0.2, -0.15) is 0 Å². The second-order valence-electron chi connectivity index (χ2n) is 14.9. The summed E-state index contributed by atoms with van der Waals surface area (Å²) >= 11 is 0. The smallest absolute Gasteiger partial charge is 0.407 e. The van der Waals surface area contributed by atoms with E-state index in [0.29, 0.717) is 30.2 Å². The Morgan fingerprint density at radius 2 is 1.73 bits per heavy atom. The van der Waals surface area contributed by atoms with Gasteiger partial charge in [-0.3, -0.25) is 9.59 Å². The minimum atomic E-state index is -0.615. The number of piperidine rings is 2. The number of fused-ring (bicyclic) bond motifs is 6. The van der Waals surface area contributed by atoms with E-state index in [-0.39, 0.29) is 36.5 Å². The number of amides is 3. The minimum Gasteiger partial charge on any atom is -0.453 e. The van der Waals surface area contributed by atoms with Crippen LogP contribution in [0.5, 0.6) is 0 Å². The number of hydrogen-bond acceptors (Lipinski definition) is 6. The first kappa shape index (κ1) is 31.8. The molecule has 3 aromatic carbocycles. The first-order valence-electron chi connectivity index (χ1n) is 18.3. The maximum Gasteiger partial charge on any atom is 0.407 e. The van der Waals surface area contributed by atoms with Crippen LogP contribution in [0, 0.1) is 17.8 Å². The van der Waals surface area contributed by atoms with E-state index in [1.165, 1.54) is 7.11 Å². The van der Waals surface area contributed by atoms with Crippen LogP contribution in [-0.2, 0) is 14.3 Å². The van der Waals surface area contributed by atoms with Gasteiger partial charge in [0.15, 0.2) is 0 Å². The molecular formula is C40H43N7O4. The fourth-order valence-corrected chi connectivity index (χ4v) is 9.49. The maximum absolute atomic E-state index is 13.3. The van der Waals surface area contributed by atoms with E-state index in [1.807, 2.05) is 11.1 Å². The van der Waals surface area contributed by atoms with Crippen molar-refractivity contribution in [2.75, 3.05) is 13.7 Å². The van der Waals surface area contributed by atoms with Crippen LogP contribution in [0.25, 0.3) is 44.2 Å². The third kappa shape index (κ3) is 5.27. The quantitative estimate of drug-likeness (QED) is 0.163. The zero-order valence-electron chi connectivity index (χ0n) is 29.2. The summed E-state index contributed by atoms with van der Waals surface area (Å²) in [6.07, 6.45) is 6.95. The van der Waals surface area contributed by atoms with E-state index in [4.69, 9.17) is 9.97 Å². The standard InChI is InChI=1S/C40H43N7O4/c1-4-5-33(48)46-27-13-10-26(17-27)37(46)39-41-19-31(44-39)23-8-6-22(7-9-23)24-11-14-28-25(16-24)12-15-30-35(28)45-38(43-30)32-18-29-21(2)36(29)47(32)34(49)20-42-40(50)51-3/h6-9,11-12,14-16,19,21,26-27,29,32,36-37H,4-5,10,13,17-18,20H2,1-3H3,(H,41,44)(H,42,50)(H,43,45)/t21?,26-,27+,29?,32?,36?,37-/m0/s1. The second kappa shape index (κ2) is 12.2. The van der Waals surface area contributed by atoms with Crippen molar-refractivity contribution in [1.82, 2.24) is 35.1 Å². The van der Waals surface area contributed by atoms with Crippen LogP contribution in [0.1, 0.15) is 76.1 Å². The molecule has 4 fully saturated rings. The number of H-pyrrole nitrogens is 2. The molecule has 262 valence electrons. The number of aromatic amines is 2. The van der Waals surface area contributed by atoms with Gasteiger partial charge in [0.05, 0.1) is 42.1 Å². The average molecular weight is 686 g/mol. The normalized spacial score (nSPS) is 26.2. The molecule has 2 saturated heterocycles. The maximum atomic E-state index is 13.3. The predicted molar refractivity (Wildman–Crippen MR) is 193 cm³/mol. The molecule has 11 heteroatoms. The van der Waals surface area contributed by atoms with Gasteiger partial charge >= 0.3 is 6.09 Å². The lowest BCUT2D eigenvalue weighted by Crippen LogP contribution is -2.42. The first-order chi connectivity index (χ1) is 24.8. The van der Waals surface area contributed by atoms with E-state index in [0.717, 1.165) is 87.9 Å². The summed E-state index contributed by atoms with van der Waals surface area (Å²) in [6.45, 7) is 4.14. The van der Waals surface area contributed by atoms with Crippen LogP contribution < -0.4 is 5.32 Å². The van der Waals surface area contributed by atoms with E-state index in [2.05, 4.69) is 93.4 Å². The number of hydrogen-bond donors (Lipinski definition) is 3. The lowest BCUT2D eigenvalue weighted by molar-refractivity contribution is -0.136. The van der Waals surface area contributed by atoms with E-state index < -0.39 is 6.09 Å². The molecule has 7 atom stereocenters. The van der Waals surface area contributed by atoms with Crippen LogP contribution >= 0.6 is 0 Å². The zero-order chi connectivity index (χ0) is 35.0. The molecule has 5 aromatic rings. The summed E-state index contributed by atoms with van der Waals surface area (Å²) in [6, 6.07) is 19.6. The van der Waals surface area contributed by atoms with Crippen molar-refractivity contribution in [1.29, 1.82) is 0 Å². The van der Waals surface area contributed by atoms with Gasteiger partial charge in [0, 0.05) is 23.9 Å². The molecule has 9 rings (SSSR count). The summed E-state index contributed by atoms with van der Waals surface area (Å²) in [5.74, 6) is 3.19. The number of likely N-dealkylation sites (tertiary alicyclic amines) is 2. The lowest BCUT2D eigenvalue weighted by Gasteiger charge is -2.34. The van der Waals surface area contributed by atoms with Gasteiger partial charge < -0.3 is 29.8 Å². The number of carbonyl (C=O) groups is 3. The second-order valence-corrected chi connectivity index (χ2v) is 14.9. The van der Waals surface area contributed by atoms with Crippen molar-refractivity contribution < 1.29 is 19.1 Å². The molecule has 2 aliphatic carbocycles. The molecule has 2 saturated carbocycles. The number of alkyl carbamates (subject to hydrolysis) is 1. The van der Waals surface area contributed by atoms with Gasteiger partial charge in [0.25, 0.3) is 0 Å². The lowest BCUT2D eigenvalue weighted by atomic mass is 9.97. The number of imidazole rings is 2. The van der Waals surface area contributed by atoms with E-state index in [9.17, 15) is 14.4 Å². The summed E-state index contributed by atoms with van der Waals surface area (Å²) < 4.78 is 4.66. The zero-order valence-corrected chi connectivity index (χ0v) is 29.2. The number of ether oxygens (including phenoxy) is 1. The van der Waals surface area contributed by atoms with Gasteiger partial charge in [-0.05, 0) is 84.1 Å². The highest BCUT2D eigenvalue weighted by molar-refractivity contribution is 6.05. The molecule has 3 amide bonds. The first-order valence-corrected chi connectivity index (χ1v) is 18.3. The number of nitrogens with zero attached hydrogens (tertiary/aromatic N) is 4. The van der Waals surface area contributed by atoms with Crippen LogP contribution in [-0.4, -0.2) is 73.4 Å². The van der Waals surface area contributed by atoms with Gasteiger partial charge in [0.1, 0.15) is 18.2 Å². The Balaban J connectivity index is 0.941. The van der Waals surface area contributed by atoms with E-state index in [1.54, 1.807) is 0 Å². The molecule has 2 aliphatic heterocycles. The van der Waals surface area contributed by atoms with Crippen molar-refractivity contribution in [3.8, 4) is 22.4 Å². The Morgan fingerprint density at radius 1 is 0.922 bits per heavy atom. The third-order valence-corrected chi connectivity index (χ3v) is 12.1. The van der Waals surface area contributed by atoms with Crippen LogP contribution in [0.3, 0.4) is 0 Å². The van der Waals surface area contributed by atoms with Gasteiger partial charge in [-0.25, -0.2) is 14.8 Å². The molecule has 0 radical (unpaired) electrons. The average Bonchev–Trinajstić information content (AvgIpc) is 3.87. The molecule has 4 unspecified atom stereocenters. The predicted octanol–water partition coefficient (Wildman–Crippen LogP) is 6.89. The molecule has 4 aliphatic rings. The molecule has 51 heavy (non-hydrogen) atoms. The topological polar surface area (TPSA) is 136 Å².